The van der Waals surface area contributed by atoms with E-state index in [2.05, 4.69) is 10.3 Å². The molecular weight excluding hydrogens is 476 g/mol. The van der Waals surface area contributed by atoms with Crippen LogP contribution in [0.3, 0.4) is 0 Å². The van der Waals surface area contributed by atoms with Gasteiger partial charge in [-0.1, -0.05) is 23.7 Å². The van der Waals surface area contributed by atoms with Gasteiger partial charge in [0, 0.05) is 29.8 Å². The summed E-state index contributed by atoms with van der Waals surface area (Å²) >= 11 is 6.04. The van der Waals surface area contributed by atoms with Crippen LogP contribution in [0.5, 0.6) is 0 Å². The lowest BCUT2D eigenvalue weighted by molar-refractivity contribution is 0.0774. The molecule has 34 heavy (non-hydrogen) atoms. The summed E-state index contributed by atoms with van der Waals surface area (Å²) in [6.07, 6.45) is 3.38. The first-order valence-corrected chi connectivity index (χ1v) is 13.6. The van der Waals surface area contributed by atoms with E-state index in [1.165, 1.54) is 0 Å². The van der Waals surface area contributed by atoms with Crippen molar-refractivity contribution in [2.45, 2.75) is 82.6 Å². The van der Waals surface area contributed by atoms with Crippen LogP contribution in [0, 0.1) is 0 Å². The molecule has 8 nitrogen and oxygen atoms in total. The van der Waals surface area contributed by atoms with Gasteiger partial charge in [-0.05, 0) is 65.2 Å². The van der Waals surface area contributed by atoms with Crippen molar-refractivity contribution >= 4 is 27.5 Å². The number of amides is 2. The van der Waals surface area contributed by atoms with E-state index < -0.39 is 15.4 Å². The van der Waals surface area contributed by atoms with Gasteiger partial charge < -0.3 is 19.5 Å². The van der Waals surface area contributed by atoms with E-state index in [-0.39, 0.29) is 35.6 Å². The van der Waals surface area contributed by atoms with Gasteiger partial charge >= 0.3 is 6.03 Å². The summed E-state index contributed by atoms with van der Waals surface area (Å²) in [5.74, 6) is -0.207. The third kappa shape index (κ3) is 6.96. The lowest BCUT2D eigenvalue weighted by atomic mass is 10.1. The molecule has 2 aromatic rings. The number of carbonyl (C=O) groups excluding carboxylic acids is 1. The smallest absolute Gasteiger partial charge is 0.318 e. The molecule has 0 spiro atoms. The number of rotatable bonds is 8. The molecule has 1 atom stereocenters. The number of benzene rings is 1. The third-order valence-electron chi connectivity index (χ3n) is 5.45. The predicted octanol–water partition coefficient (Wildman–Crippen LogP) is 4.58. The van der Waals surface area contributed by atoms with Gasteiger partial charge in [-0.15, -0.1) is 0 Å². The second kappa shape index (κ2) is 10.7. The maximum Gasteiger partial charge on any atom is 0.318 e. The van der Waals surface area contributed by atoms with E-state index in [4.69, 9.17) is 16.3 Å². The highest BCUT2D eigenvalue weighted by Crippen LogP contribution is 2.24. The first-order chi connectivity index (χ1) is 15.9. The molecule has 1 N–H and O–H groups in total. The van der Waals surface area contributed by atoms with E-state index in [1.54, 1.807) is 39.9 Å². The van der Waals surface area contributed by atoms with Crippen molar-refractivity contribution < 1.29 is 17.9 Å². The molecule has 1 aliphatic rings. The molecule has 0 aliphatic carbocycles. The quantitative estimate of drug-likeness (QED) is 0.561. The second-order valence-corrected chi connectivity index (χ2v) is 12.4. The van der Waals surface area contributed by atoms with Crippen LogP contribution >= 0.6 is 11.6 Å². The van der Waals surface area contributed by atoms with Gasteiger partial charge in [0.1, 0.15) is 0 Å². The zero-order chi connectivity index (χ0) is 25.1. The molecule has 0 unspecified atom stereocenters. The van der Waals surface area contributed by atoms with E-state index >= 15 is 0 Å². The largest absolute Gasteiger partial charge is 0.376 e. The standard InChI is InChI=1S/C24H35ClN4O4S/c1-17(2)29-20(13-26-23(29)34(31,32)16-18-8-6-9-19(25)12-18)14-28(15-21-10-7-11-33-21)22(30)27-24(3,4)5/h6,8-9,12-13,17,21H,7,10-11,14-16H2,1-5H3,(H,27,30)/t21-/m1/s1. The Bertz CT molecular complexity index is 1100. The zero-order valence-corrected chi connectivity index (χ0v) is 22.1. The minimum absolute atomic E-state index is 0.00854. The Morgan fingerprint density at radius 3 is 2.68 bits per heavy atom. The Kier molecular flexibility index (Phi) is 8.31. The van der Waals surface area contributed by atoms with Gasteiger partial charge in [0.15, 0.2) is 0 Å². The van der Waals surface area contributed by atoms with E-state index in [0.717, 1.165) is 12.8 Å². The molecule has 1 aromatic heterocycles. The van der Waals surface area contributed by atoms with E-state index in [1.807, 2.05) is 34.6 Å². The number of imidazole rings is 1. The molecule has 1 aromatic carbocycles. The number of ether oxygens (including phenoxy) is 1. The number of nitrogens with one attached hydrogen (secondary N) is 1. The number of sulfone groups is 1. The molecule has 188 valence electrons. The highest BCUT2D eigenvalue weighted by molar-refractivity contribution is 7.90. The molecule has 1 aliphatic heterocycles. The molecule has 0 saturated carbocycles. The molecule has 2 heterocycles. The van der Waals surface area contributed by atoms with Gasteiger partial charge in [-0.3, -0.25) is 0 Å². The van der Waals surface area contributed by atoms with Crippen LogP contribution in [0.4, 0.5) is 4.79 Å². The summed E-state index contributed by atoms with van der Waals surface area (Å²) in [7, 11) is -3.74. The normalized spacial score (nSPS) is 16.7. The average Bonchev–Trinajstić information content (AvgIpc) is 3.36. The summed E-state index contributed by atoms with van der Waals surface area (Å²) in [4.78, 5) is 19.1. The summed E-state index contributed by atoms with van der Waals surface area (Å²) in [5.41, 5.74) is 0.842. The SMILES string of the molecule is CC(C)n1c(CN(C[C@H]2CCCO2)C(=O)NC(C)(C)C)cnc1S(=O)(=O)Cc1cccc(Cl)c1. The van der Waals surface area contributed by atoms with Crippen molar-refractivity contribution in [1.82, 2.24) is 19.8 Å². The van der Waals surface area contributed by atoms with Crippen LogP contribution < -0.4 is 5.32 Å². The van der Waals surface area contributed by atoms with Crippen LogP contribution in [0.25, 0.3) is 0 Å². The van der Waals surface area contributed by atoms with Crippen molar-refractivity contribution in [1.29, 1.82) is 0 Å². The fourth-order valence-corrected chi connectivity index (χ4v) is 5.84. The lowest BCUT2D eigenvalue weighted by Crippen LogP contribution is -2.50. The summed E-state index contributed by atoms with van der Waals surface area (Å²) in [6, 6.07) is 6.41. The number of urea groups is 1. The van der Waals surface area contributed by atoms with Crippen molar-refractivity contribution in [2.24, 2.45) is 0 Å². The first-order valence-electron chi connectivity index (χ1n) is 11.6. The minimum Gasteiger partial charge on any atom is -0.376 e. The summed E-state index contributed by atoms with van der Waals surface area (Å²) < 4.78 is 34.1. The third-order valence-corrected chi connectivity index (χ3v) is 7.26. The maximum atomic E-state index is 13.3. The van der Waals surface area contributed by atoms with Crippen LogP contribution in [-0.4, -0.2) is 53.7 Å². The Morgan fingerprint density at radius 2 is 2.09 bits per heavy atom. The van der Waals surface area contributed by atoms with Gasteiger partial charge in [0.05, 0.1) is 30.3 Å². The second-order valence-electron chi connectivity index (χ2n) is 10.1. The van der Waals surface area contributed by atoms with Gasteiger partial charge in [-0.25, -0.2) is 18.2 Å². The van der Waals surface area contributed by atoms with Crippen molar-refractivity contribution in [3.63, 3.8) is 0 Å². The van der Waals surface area contributed by atoms with Crippen LogP contribution in [0.2, 0.25) is 5.02 Å². The predicted molar refractivity (Wildman–Crippen MR) is 133 cm³/mol. The Labute approximate surface area is 207 Å². The van der Waals surface area contributed by atoms with Gasteiger partial charge in [0.2, 0.25) is 15.0 Å². The van der Waals surface area contributed by atoms with Gasteiger partial charge in [-0.2, -0.15) is 0 Å². The maximum absolute atomic E-state index is 13.3. The molecule has 0 bridgehead atoms. The highest BCUT2D eigenvalue weighted by Gasteiger charge is 2.29. The van der Waals surface area contributed by atoms with Crippen LogP contribution in [-0.2, 0) is 26.9 Å². The molecule has 0 radical (unpaired) electrons. The fourth-order valence-electron chi connectivity index (χ4n) is 4.04. The Hall–Kier alpha value is -2.10. The van der Waals surface area contributed by atoms with Crippen molar-refractivity contribution in [2.75, 3.05) is 13.2 Å². The topological polar surface area (TPSA) is 93.5 Å². The monoisotopic (exact) mass is 510 g/mol. The first kappa shape index (κ1) is 26.5. The number of aromatic nitrogens is 2. The average molecular weight is 511 g/mol. The summed E-state index contributed by atoms with van der Waals surface area (Å²) in [6.45, 7) is 10.9. The highest BCUT2D eigenvalue weighted by atomic mass is 35.5. The van der Waals surface area contributed by atoms with Gasteiger partial charge in [0.25, 0.3) is 0 Å². The molecule has 10 heteroatoms. The molecule has 1 fully saturated rings. The molecule has 3 rings (SSSR count). The van der Waals surface area contributed by atoms with Crippen LogP contribution in [0.1, 0.15) is 64.8 Å². The molecular formula is C24H35ClN4O4S. The Morgan fingerprint density at radius 1 is 1.35 bits per heavy atom. The summed E-state index contributed by atoms with van der Waals surface area (Å²) in [5, 5.41) is 3.48. The zero-order valence-electron chi connectivity index (χ0n) is 20.5. The van der Waals surface area contributed by atoms with E-state index in [9.17, 15) is 13.2 Å². The minimum atomic E-state index is -3.74. The molecule has 1 saturated heterocycles. The number of hydrogen-bond acceptors (Lipinski definition) is 5. The number of halogens is 1. The number of nitrogens with zero attached hydrogens (tertiary/aromatic N) is 3. The van der Waals surface area contributed by atoms with Crippen molar-refractivity contribution in [3.8, 4) is 0 Å². The Balaban J connectivity index is 1.90. The van der Waals surface area contributed by atoms with E-state index in [0.29, 0.717) is 29.4 Å². The van der Waals surface area contributed by atoms with Crippen molar-refractivity contribution in [3.05, 3.63) is 46.7 Å². The lowest BCUT2D eigenvalue weighted by Gasteiger charge is -2.30. The number of carbonyl (C=O) groups is 1. The van der Waals surface area contributed by atoms with Crippen LogP contribution in [0.15, 0.2) is 35.6 Å². The molecule has 2 amide bonds. The number of hydrogen-bond donors (Lipinski definition) is 1. The fraction of sp³-hybridized carbons (Fsp3) is 0.583.